The lowest BCUT2D eigenvalue weighted by molar-refractivity contribution is 0.671. The Balaban J connectivity index is 2.08. The van der Waals surface area contributed by atoms with Crippen molar-refractivity contribution in [3.63, 3.8) is 0 Å². The van der Waals surface area contributed by atoms with Gasteiger partial charge in [-0.15, -0.1) is 0 Å². The third-order valence-corrected chi connectivity index (χ3v) is 3.27. The third-order valence-electron chi connectivity index (χ3n) is 3.27. The highest BCUT2D eigenvalue weighted by Crippen LogP contribution is 2.32. The number of aromatic nitrogens is 1. The highest BCUT2D eigenvalue weighted by atomic mass is 15.2. The largest absolute Gasteiger partial charge is 0.367 e. The molecule has 2 rings (SSSR count). The van der Waals surface area contributed by atoms with E-state index in [1.807, 2.05) is 12.4 Å². The van der Waals surface area contributed by atoms with E-state index in [1.54, 1.807) is 0 Å². The summed E-state index contributed by atoms with van der Waals surface area (Å²) in [5.74, 6) is 0. The molecule has 3 heteroatoms. The molecule has 3 nitrogen and oxygen atoms in total. The molecule has 0 aliphatic heterocycles. The summed E-state index contributed by atoms with van der Waals surface area (Å²) in [6.45, 7) is 7.54. The van der Waals surface area contributed by atoms with Crippen LogP contribution in [-0.2, 0) is 6.54 Å². The number of pyridine rings is 1. The van der Waals surface area contributed by atoms with Crippen LogP contribution in [0, 0.1) is 0 Å². The maximum atomic E-state index is 4.28. The Morgan fingerprint density at radius 2 is 2.24 bits per heavy atom. The van der Waals surface area contributed by atoms with E-state index in [-0.39, 0.29) is 0 Å². The summed E-state index contributed by atoms with van der Waals surface area (Å²) in [4.78, 5) is 6.78. The van der Waals surface area contributed by atoms with Crippen molar-refractivity contribution in [2.75, 3.05) is 18.0 Å². The molecule has 1 aromatic heterocycles. The zero-order valence-electron chi connectivity index (χ0n) is 10.9. The van der Waals surface area contributed by atoms with E-state index >= 15 is 0 Å². The second-order valence-corrected chi connectivity index (χ2v) is 4.70. The molecule has 1 N–H and O–H groups in total. The van der Waals surface area contributed by atoms with Gasteiger partial charge in [0.25, 0.3) is 0 Å². The van der Waals surface area contributed by atoms with Crippen molar-refractivity contribution in [1.82, 2.24) is 10.3 Å². The van der Waals surface area contributed by atoms with E-state index < -0.39 is 0 Å². The molecular formula is C14H23N3. The predicted octanol–water partition coefficient (Wildman–Crippen LogP) is 2.57. The van der Waals surface area contributed by atoms with Crippen LogP contribution in [0.5, 0.6) is 0 Å². The fourth-order valence-corrected chi connectivity index (χ4v) is 2.23. The Kier molecular flexibility index (Phi) is 4.37. The Labute approximate surface area is 104 Å². The highest BCUT2D eigenvalue weighted by Gasteiger charge is 2.29. The van der Waals surface area contributed by atoms with Gasteiger partial charge in [-0.05, 0) is 44.4 Å². The number of anilines is 1. The molecule has 0 aromatic carbocycles. The van der Waals surface area contributed by atoms with Crippen LogP contribution in [0.2, 0.25) is 0 Å². The maximum absolute atomic E-state index is 4.28. The highest BCUT2D eigenvalue weighted by molar-refractivity contribution is 5.53. The molecule has 1 saturated carbocycles. The lowest BCUT2D eigenvalue weighted by atomic mass is 10.2. The van der Waals surface area contributed by atoms with Crippen molar-refractivity contribution in [1.29, 1.82) is 0 Å². The maximum Gasteiger partial charge on any atom is 0.0600 e. The van der Waals surface area contributed by atoms with Crippen LogP contribution < -0.4 is 10.2 Å². The lowest BCUT2D eigenvalue weighted by Crippen LogP contribution is -2.27. The lowest BCUT2D eigenvalue weighted by Gasteiger charge is -2.25. The summed E-state index contributed by atoms with van der Waals surface area (Å²) in [5.41, 5.74) is 2.70. The monoisotopic (exact) mass is 233 g/mol. The van der Waals surface area contributed by atoms with Crippen molar-refractivity contribution in [3.05, 3.63) is 24.0 Å². The average Bonchev–Trinajstić information content (AvgIpc) is 3.17. The molecule has 94 valence electrons. The molecule has 1 aliphatic carbocycles. The van der Waals surface area contributed by atoms with Gasteiger partial charge in [0.15, 0.2) is 0 Å². The van der Waals surface area contributed by atoms with E-state index in [4.69, 9.17) is 0 Å². The van der Waals surface area contributed by atoms with Crippen molar-refractivity contribution in [2.24, 2.45) is 0 Å². The molecule has 0 bridgehead atoms. The normalized spacial score (nSPS) is 14.9. The molecule has 17 heavy (non-hydrogen) atoms. The van der Waals surface area contributed by atoms with Gasteiger partial charge in [0.1, 0.15) is 0 Å². The molecule has 1 heterocycles. The number of rotatable bonds is 7. The topological polar surface area (TPSA) is 28.2 Å². The zero-order valence-corrected chi connectivity index (χ0v) is 10.9. The van der Waals surface area contributed by atoms with Gasteiger partial charge >= 0.3 is 0 Å². The molecular weight excluding hydrogens is 210 g/mol. The molecule has 1 aromatic rings. The van der Waals surface area contributed by atoms with E-state index in [0.29, 0.717) is 0 Å². The van der Waals surface area contributed by atoms with Crippen LogP contribution in [0.15, 0.2) is 18.5 Å². The first-order valence-corrected chi connectivity index (χ1v) is 6.77. The minimum absolute atomic E-state index is 0.758. The minimum Gasteiger partial charge on any atom is -0.367 e. The van der Waals surface area contributed by atoms with Crippen molar-refractivity contribution < 1.29 is 0 Å². The molecule has 0 radical (unpaired) electrons. The number of nitrogens with zero attached hydrogens (tertiary/aromatic N) is 2. The van der Waals surface area contributed by atoms with Crippen LogP contribution in [-0.4, -0.2) is 24.1 Å². The average molecular weight is 233 g/mol. The van der Waals surface area contributed by atoms with Gasteiger partial charge in [-0.1, -0.05) is 6.92 Å². The van der Waals surface area contributed by atoms with Gasteiger partial charge < -0.3 is 10.2 Å². The van der Waals surface area contributed by atoms with Crippen LogP contribution in [0.4, 0.5) is 5.69 Å². The fourth-order valence-electron chi connectivity index (χ4n) is 2.23. The standard InChI is InChI=1S/C14H23N3/c1-3-8-15-10-12-7-9-16-11-14(12)17(4-2)13-5-6-13/h7,9,11,13,15H,3-6,8,10H2,1-2H3. The third kappa shape index (κ3) is 3.19. The first-order chi connectivity index (χ1) is 8.36. The van der Waals surface area contributed by atoms with E-state index in [2.05, 4.69) is 35.1 Å². The van der Waals surface area contributed by atoms with Gasteiger partial charge in [-0.3, -0.25) is 4.98 Å². The summed E-state index contributed by atoms with van der Waals surface area (Å²) in [6.07, 6.45) is 7.77. The Morgan fingerprint density at radius 3 is 2.88 bits per heavy atom. The van der Waals surface area contributed by atoms with Crippen molar-refractivity contribution in [3.8, 4) is 0 Å². The number of nitrogens with one attached hydrogen (secondary N) is 1. The molecule has 0 spiro atoms. The van der Waals surface area contributed by atoms with Crippen LogP contribution in [0.1, 0.15) is 38.7 Å². The second-order valence-electron chi connectivity index (χ2n) is 4.70. The van der Waals surface area contributed by atoms with Crippen molar-refractivity contribution >= 4 is 5.69 Å². The fraction of sp³-hybridized carbons (Fsp3) is 0.643. The smallest absolute Gasteiger partial charge is 0.0600 e. The minimum atomic E-state index is 0.758. The van der Waals surface area contributed by atoms with Gasteiger partial charge in [0.2, 0.25) is 0 Å². The van der Waals surface area contributed by atoms with Gasteiger partial charge in [-0.2, -0.15) is 0 Å². The van der Waals surface area contributed by atoms with E-state index in [1.165, 1.54) is 30.5 Å². The Bertz CT molecular complexity index is 347. The van der Waals surface area contributed by atoms with Gasteiger partial charge in [0, 0.05) is 25.3 Å². The summed E-state index contributed by atoms with van der Waals surface area (Å²) < 4.78 is 0. The molecule has 0 amide bonds. The quantitative estimate of drug-likeness (QED) is 0.734. The number of hydrogen-bond donors (Lipinski definition) is 1. The van der Waals surface area contributed by atoms with Crippen molar-refractivity contribution in [2.45, 2.75) is 45.7 Å². The SMILES string of the molecule is CCCNCc1ccncc1N(CC)C1CC1. The summed E-state index contributed by atoms with van der Waals surface area (Å²) in [6, 6.07) is 2.90. The zero-order chi connectivity index (χ0) is 12.1. The first kappa shape index (κ1) is 12.4. The predicted molar refractivity (Wildman–Crippen MR) is 72.3 cm³/mol. The summed E-state index contributed by atoms with van der Waals surface area (Å²) in [5, 5.41) is 3.48. The Morgan fingerprint density at radius 1 is 1.41 bits per heavy atom. The van der Waals surface area contributed by atoms with Gasteiger partial charge in [-0.25, -0.2) is 0 Å². The summed E-state index contributed by atoms with van der Waals surface area (Å²) >= 11 is 0. The van der Waals surface area contributed by atoms with Crippen LogP contribution in [0.3, 0.4) is 0 Å². The number of hydrogen-bond acceptors (Lipinski definition) is 3. The summed E-state index contributed by atoms with van der Waals surface area (Å²) in [7, 11) is 0. The first-order valence-electron chi connectivity index (χ1n) is 6.77. The van der Waals surface area contributed by atoms with Crippen LogP contribution >= 0.6 is 0 Å². The Hall–Kier alpha value is -1.09. The van der Waals surface area contributed by atoms with Gasteiger partial charge in [0.05, 0.1) is 11.9 Å². The van der Waals surface area contributed by atoms with Crippen LogP contribution in [0.25, 0.3) is 0 Å². The molecule has 1 fully saturated rings. The molecule has 1 aliphatic rings. The van der Waals surface area contributed by atoms with E-state index in [0.717, 1.165) is 25.7 Å². The molecule has 0 saturated heterocycles. The molecule has 0 unspecified atom stereocenters. The van der Waals surface area contributed by atoms with E-state index in [9.17, 15) is 0 Å². The second kappa shape index (κ2) is 6.01. The molecule has 0 atom stereocenters.